The molecule has 0 amide bonds. The third-order valence-electron chi connectivity index (χ3n) is 1.21. The molecule has 1 rings (SSSR count). The minimum atomic E-state index is -0.992. The van der Waals surface area contributed by atoms with Gasteiger partial charge < -0.3 is 10.8 Å². The van der Waals surface area contributed by atoms with Crippen LogP contribution in [-0.4, -0.2) is 33.1 Å². The molecule has 13 heavy (non-hydrogen) atoms. The molecule has 72 valence electrons. The zero-order chi connectivity index (χ0) is 9.84. The monoisotopic (exact) mass is 219 g/mol. The number of carbonyl (C=O) groups is 1. The summed E-state index contributed by atoms with van der Waals surface area (Å²) < 4.78 is 0.759. The summed E-state index contributed by atoms with van der Waals surface area (Å²) in [6, 6.07) is -0.839. The Balaban J connectivity index is 2.39. The molecule has 1 atom stereocenters. The van der Waals surface area contributed by atoms with E-state index in [9.17, 15) is 4.79 Å². The molecule has 0 aromatic carbocycles. The Bertz CT molecular complexity index is 302. The largest absolute Gasteiger partial charge is 0.480 e. The third-order valence-corrected chi connectivity index (χ3v) is 3.30. The number of aromatic nitrogens is 2. The van der Waals surface area contributed by atoms with Crippen LogP contribution in [0.15, 0.2) is 4.34 Å². The highest BCUT2D eigenvalue weighted by Gasteiger charge is 2.12. The molecule has 0 aliphatic carbocycles. The molecule has 3 N–H and O–H groups in total. The maximum Gasteiger partial charge on any atom is 0.321 e. The summed E-state index contributed by atoms with van der Waals surface area (Å²) in [5.74, 6) is -0.669. The highest BCUT2D eigenvalue weighted by atomic mass is 32.2. The van der Waals surface area contributed by atoms with Gasteiger partial charge in [0.05, 0.1) is 0 Å². The minimum absolute atomic E-state index is 0.323. The zero-order valence-electron chi connectivity index (χ0n) is 6.93. The second-order valence-electron chi connectivity index (χ2n) is 2.34. The Morgan fingerprint density at radius 2 is 2.46 bits per heavy atom. The van der Waals surface area contributed by atoms with Crippen LogP contribution in [0.5, 0.6) is 0 Å². The van der Waals surface area contributed by atoms with E-state index in [1.165, 1.54) is 23.1 Å². The van der Waals surface area contributed by atoms with Gasteiger partial charge in [0.2, 0.25) is 0 Å². The van der Waals surface area contributed by atoms with Crippen LogP contribution in [0, 0.1) is 6.92 Å². The number of aliphatic carboxylic acids is 1. The molecule has 0 aliphatic rings. The van der Waals surface area contributed by atoms with E-state index < -0.39 is 12.0 Å². The maximum atomic E-state index is 10.4. The molecule has 1 aromatic rings. The Kier molecular flexibility index (Phi) is 3.64. The molecular formula is C6H9N3O2S2. The van der Waals surface area contributed by atoms with Crippen molar-refractivity contribution in [3.05, 3.63) is 5.01 Å². The summed E-state index contributed by atoms with van der Waals surface area (Å²) >= 11 is 2.75. The number of hydrogen-bond donors (Lipinski definition) is 2. The maximum absolute atomic E-state index is 10.4. The van der Waals surface area contributed by atoms with E-state index in [-0.39, 0.29) is 0 Å². The van der Waals surface area contributed by atoms with Crippen molar-refractivity contribution in [2.24, 2.45) is 5.73 Å². The van der Waals surface area contributed by atoms with Crippen LogP contribution in [0.25, 0.3) is 0 Å². The number of nitrogens with zero attached hydrogens (tertiary/aromatic N) is 2. The van der Waals surface area contributed by atoms with Gasteiger partial charge >= 0.3 is 5.97 Å². The van der Waals surface area contributed by atoms with Gasteiger partial charge in [-0.2, -0.15) is 0 Å². The summed E-state index contributed by atoms with van der Waals surface area (Å²) in [5.41, 5.74) is 5.31. The lowest BCUT2D eigenvalue weighted by molar-refractivity contribution is -0.137. The van der Waals surface area contributed by atoms with Crippen LogP contribution in [0.2, 0.25) is 0 Å². The fourth-order valence-corrected chi connectivity index (χ4v) is 2.35. The van der Waals surface area contributed by atoms with Gasteiger partial charge in [-0.15, -0.1) is 10.2 Å². The molecule has 1 heterocycles. The topological polar surface area (TPSA) is 89.1 Å². The fourth-order valence-electron chi connectivity index (χ4n) is 0.569. The number of carboxylic acid groups (broad SMARTS) is 1. The SMILES string of the molecule is Cc1nnc(SCC(N)C(=O)O)s1. The zero-order valence-corrected chi connectivity index (χ0v) is 8.56. The number of hydrogen-bond acceptors (Lipinski definition) is 6. The lowest BCUT2D eigenvalue weighted by Crippen LogP contribution is -2.32. The number of carboxylic acids is 1. The number of rotatable bonds is 4. The summed E-state index contributed by atoms with van der Waals surface area (Å²) in [6.45, 7) is 1.85. The number of thioether (sulfide) groups is 1. The second-order valence-corrected chi connectivity index (χ2v) is 4.79. The molecule has 0 bridgehead atoms. The number of nitrogens with two attached hydrogens (primary N) is 1. The van der Waals surface area contributed by atoms with Crippen molar-refractivity contribution in [3.8, 4) is 0 Å². The van der Waals surface area contributed by atoms with E-state index >= 15 is 0 Å². The molecule has 7 heteroatoms. The second kappa shape index (κ2) is 4.54. The molecule has 1 unspecified atom stereocenters. The summed E-state index contributed by atoms with van der Waals surface area (Å²) in [4.78, 5) is 10.4. The lowest BCUT2D eigenvalue weighted by atomic mass is 10.4. The normalized spacial score (nSPS) is 12.8. The molecule has 5 nitrogen and oxygen atoms in total. The van der Waals surface area contributed by atoms with E-state index in [1.54, 1.807) is 0 Å². The van der Waals surface area contributed by atoms with Crippen LogP contribution < -0.4 is 5.73 Å². The van der Waals surface area contributed by atoms with Gasteiger partial charge in [0, 0.05) is 5.75 Å². The van der Waals surface area contributed by atoms with E-state index in [4.69, 9.17) is 10.8 Å². The average Bonchev–Trinajstić information content (AvgIpc) is 2.47. The van der Waals surface area contributed by atoms with Crippen molar-refractivity contribution in [1.82, 2.24) is 10.2 Å². The first-order chi connectivity index (χ1) is 6.09. The van der Waals surface area contributed by atoms with E-state index in [0.29, 0.717) is 5.75 Å². The van der Waals surface area contributed by atoms with Gasteiger partial charge in [0.15, 0.2) is 4.34 Å². The highest BCUT2D eigenvalue weighted by molar-refractivity contribution is 8.01. The molecule has 0 radical (unpaired) electrons. The van der Waals surface area contributed by atoms with Crippen molar-refractivity contribution in [3.63, 3.8) is 0 Å². The molecule has 0 spiro atoms. The van der Waals surface area contributed by atoms with Crippen LogP contribution >= 0.6 is 23.1 Å². The quantitative estimate of drug-likeness (QED) is 0.710. The predicted octanol–water partition coefficient (Wildman–Crippen LogP) is 0.351. The molecule has 0 aliphatic heterocycles. The van der Waals surface area contributed by atoms with Crippen molar-refractivity contribution in [1.29, 1.82) is 0 Å². The van der Waals surface area contributed by atoms with Crippen LogP contribution in [-0.2, 0) is 4.79 Å². The lowest BCUT2D eigenvalue weighted by Gasteiger charge is -2.02. The van der Waals surface area contributed by atoms with Gasteiger partial charge in [-0.1, -0.05) is 23.1 Å². The smallest absolute Gasteiger partial charge is 0.321 e. The Labute approximate surface area is 83.4 Å². The van der Waals surface area contributed by atoms with Crippen LogP contribution in [0.3, 0.4) is 0 Å². The molecular weight excluding hydrogens is 210 g/mol. The van der Waals surface area contributed by atoms with Gasteiger partial charge in [-0.3, -0.25) is 4.79 Å². The molecule has 0 saturated heterocycles. The van der Waals surface area contributed by atoms with E-state index in [0.717, 1.165) is 9.35 Å². The third kappa shape index (κ3) is 3.29. The molecule has 1 aromatic heterocycles. The van der Waals surface area contributed by atoms with Crippen molar-refractivity contribution < 1.29 is 9.90 Å². The Morgan fingerprint density at radius 3 is 2.92 bits per heavy atom. The first-order valence-corrected chi connectivity index (χ1v) is 5.31. The van der Waals surface area contributed by atoms with Crippen LogP contribution in [0.4, 0.5) is 0 Å². The van der Waals surface area contributed by atoms with Crippen molar-refractivity contribution >= 4 is 29.1 Å². The average molecular weight is 219 g/mol. The van der Waals surface area contributed by atoms with E-state index in [2.05, 4.69) is 10.2 Å². The van der Waals surface area contributed by atoms with E-state index in [1.807, 2.05) is 6.92 Å². The molecule has 0 fully saturated rings. The first-order valence-electron chi connectivity index (χ1n) is 3.51. The highest BCUT2D eigenvalue weighted by Crippen LogP contribution is 2.21. The minimum Gasteiger partial charge on any atom is -0.480 e. The summed E-state index contributed by atoms with van der Waals surface area (Å²) in [6.07, 6.45) is 0. The van der Waals surface area contributed by atoms with Crippen LogP contribution in [0.1, 0.15) is 5.01 Å². The van der Waals surface area contributed by atoms with Gasteiger partial charge in [0.1, 0.15) is 11.0 Å². The van der Waals surface area contributed by atoms with Crippen molar-refractivity contribution in [2.75, 3.05) is 5.75 Å². The fraction of sp³-hybridized carbons (Fsp3) is 0.500. The molecule has 0 saturated carbocycles. The van der Waals surface area contributed by atoms with Gasteiger partial charge in [-0.05, 0) is 6.92 Å². The Morgan fingerprint density at radius 1 is 1.77 bits per heavy atom. The summed E-state index contributed by atoms with van der Waals surface area (Å²) in [5, 5.41) is 17.0. The Hall–Kier alpha value is -0.660. The standard InChI is InChI=1S/C6H9N3O2S2/c1-3-8-9-6(13-3)12-2-4(7)5(10)11/h4H,2,7H2,1H3,(H,10,11). The van der Waals surface area contributed by atoms with Gasteiger partial charge in [0.25, 0.3) is 0 Å². The van der Waals surface area contributed by atoms with Gasteiger partial charge in [-0.25, -0.2) is 0 Å². The number of aryl methyl sites for hydroxylation is 1. The predicted molar refractivity (Wildman–Crippen MR) is 51.0 cm³/mol. The first kappa shape index (κ1) is 10.4. The van der Waals surface area contributed by atoms with Crippen molar-refractivity contribution in [2.45, 2.75) is 17.3 Å². The summed E-state index contributed by atoms with van der Waals surface area (Å²) in [7, 11) is 0.